The van der Waals surface area contributed by atoms with Crippen LogP contribution in [0.2, 0.25) is 0 Å². The van der Waals surface area contributed by atoms with E-state index in [2.05, 4.69) is 15.2 Å². The predicted octanol–water partition coefficient (Wildman–Crippen LogP) is 7.31. The van der Waals surface area contributed by atoms with Crippen molar-refractivity contribution in [1.29, 1.82) is 0 Å². The molecule has 0 spiro atoms. The fourth-order valence-electron chi connectivity index (χ4n) is 6.87. The largest absolute Gasteiger partial charge is 0.497 e. The Balaban J connectivity index is 1.29. The topological polar surface area (TPSA) is 152 Å². The zero-order valence-electron chi connectivity index (χ0n) is 32.4. The van der Waals surface area contributed by atoms with Crippen LogP contribution >= 0.6 is 0 Å². The molecular weight excluding hydrogens is 727 g/mol. The number of piperazine rings is 1. The second-order valence-corrected chi connectivity index (χ2v) is 13.4. The highest BCUT2D eigenvalue weighted by Crippen LogP contribution is 2.37. The van der Waals surface area contributed by atoms with Crippen LogP contribution in [0.25, 0.3) is 22.0 Å². The molecular formula is C43H43N7O7. The lowest BCUT2D eigenvalue weighted by Gasteiger charge is -2.32. The van der Waals surface area contributed by atoms with Gasteiger partial charge in [-0.05, 0) is 84.6 Å². The number of fused-ring (bicyclic) bond motifs is 1. The molecule has 14 nitrogen and oxygen atoms in total. The van der Waals surface area contributed by atoms with Crippen molar-refractivity contribution >= 4 is 45.8 Å². The second-order valence-electron chi connectivity index (χ2n) is 13.4. The molecule has 7 rings (SSSR count). The number of anilines is 4. The summed E-state index contributed by atoms with van der Waals surface area (Å²) in [6.45, 7) is 3.23. The lowest BCUT2D eigenvalue weighted by Crippen LogP contribution is -2.52. The molecule has 57 heavy (non-hydrogen) atoms. The number of aromatic nitrogens is 3. The Kier molecular flexibility index (Phi) is 11.2. The van der Waals surface area contributed by atoms with Crippen molar-refractivity contribution in [1.82, 2.24) is 19.9 Å². The summed E-state index contributed by atoms with van der Waals surface area (Å²) in [4.78, 5) is 43.6. The molecule has 1 saturated heterocycles. The van der Waals surface area contributed by atoms with E-state index in [1.165, 1.54) is 0 Å². The third-order valence-corrected chi connectivity index (χ3v) is 9.96. The van der Waals surface area contributed by atoms with E-state index in [4.69, 9.17) is 28.9 Å². The van der Waals surface area contributed by atoms with E-state index >= 15 is 0 Å². The first kappa shape index (κ1) is 38.2. The number of pyridine rings is 3. The number of methoxy groups -OCH3 is 4. The van der Waals surface area contributed by atoms with Gasteiger partial charge in [0.15, 0.2) is 0 Å². The highest BCUT2D eigenvalue weighted by molar-refractivity contribution is 5.98. The van der Waals surface area contributed by atoms with E-state index in [0.29, 0.717) is 53.4 Å². The van der Waals surface area contributed by atoms with Gasteiger partial charge in [-0.1, -0.05) is 0 Å². The molecule has 0 aliphatic carbocycles. The summed E-state index contributed by atoms with van der Waals surface area (Å²) >= 11 is 0. The van der Waals surface area contributed by atoms with Crippen LogP contribution in [0.1, 0.15) is 16.7 Å². The first-order valence-corrected chi connectivity index (χ1v) is 18.2. The number of hydrogen-bond acceptors (Lipinski definition) is 11. The van der Waals surface area contributed by atoms with E-state index in [-0.39, 0.29) is 25.5 Å². The molecule has 0 unspecified atom stereocenters. The monoisotopic (exact) mass is 769 g/mol. The number of carboxylic acid groups (broad SMARTS) is 1. The van der Waals surface area contributed by atoms with Gasteiger partial charge in [-0.2, -0.15) is 0 Å². The van der Waals surface area contributed by atoms with E-state index in [9.17, 15) is 14.7 Å². The molecule has 2 N–H and O–H groups in total. The van der Waals surface area contributed by atoms with Gasteiger partial charge in [-0.15, -0.1) is 0 Å². The molecule has 3 aromatic heterocycles. The molecule has 0 atom stereocenters. The number of carbonyl (C=O) groups excluding carboxylic acids is 1. The summed E-state index contributed by atoms with van der Waals surface area (Å²) in [5, 5.41) is 14.4. The number of aryl methyl sites for hydroxylation is 1. The standard InChI is InChI=1S/C43H43N7O7/c1-27-14-15-44-22-35(27)37-18-30-19-40(46-31-8-10-32(11-9-31)50-17-16-48(43(52)53)26-41(50)51)45-23-36(30)42(47-37)49(24-28-6-12-33(54-2)20-38(28)56-4)25-29-7-13-34(55-3)21-39(29)57-5/h6-15,18-23H,16-17,24-26H2,1-5H3,(H,45,46)(H,52,53). The third-order valence-electron chi connectivity index (χ3n) is 9.96. The fraction of sp³-hybridized carbons (Fsp3) is 0.233. The summed E-state index contributed by atoms with van der Waals surface area (Å²) in [7, 11) is 6.53. The molecule has 1 aliphatic rings. The Morgan fingerprint density at radius 2 is 1.49 bits per heavy atom. The molecule has 0 saturated carbocycles. The molecule has 14 heteroatoms. The minimum Gasteiger partial charge on any atom is -0.497 e. The minimum absolute atomic E-state index is 0.174. The summed E-state index contributed by atoms with van der Waals surface area (Å²) in [5.41, 5.74) is 5.96. The van der Waals surface area contributed by atoms with Gasteiger partial charge in [0.05, 0.1) is 34.1 Å². The van der Waals surface area contributed by atoms with E-state index < -0.39 is 6.09 Å². The molecule has 6 aromatic rings. The van der Waals surface area contributed by atoms with Crippen molar-refractivity contribution in [3.8, 4) is 34.3 Å². The van der Waals surface area contributed by atoms with Crippen LogP contribution < -0.4 is 34.1 Å². The predicted molar refractivity (Wildman–Crippen MR) is 218 cm³/mol. The average molecular weight is 770 g/mol. The Morgan fingerprint density at radius 1 is 0.825 bits per heavy atom. The van der Waals surface area contributed by atoms with Crippen LogP contribution in [0.4, 0.5) is 27.8 Å². The molecule has 1 fully saturated rings. The van der Waals surface area contributed by atoms with Crippen molar-refractivity contribution in [2.24, 2.45) is 0 Å². The molecule has 292 valence electrons. The first-order chi connectivity index (χ1) is 27.7. The van der Waals surface area contributed by atoms with Crippen molar-refractivity contribution in [2.75, 3.05) is 63.2 Å². The minimum atomic E-state index is -1.10. The number of rotatable bonds is 13. The maximum absolute atomic E-state index is 12.7. The van der Waals surface area contributed by atoms with Gasteiger partial charge >= 0.3 is 6.09 Å². The Bertz CT molecular complexity index is 2370. The van der Waals surface area contributed by atoms with Crippen LogP contribution in [0.15, 0.2) is 97.5 Å². The summed E-state index contributed by atoms with van der Waals surface area (Å²) < 4.78 is 22.7. The van der Waals surface area contributed by atoms with Crippen LogP contribution in [0.3, 0.4) is 0 Å². The number of nitrogens with one attached hydrogen (secondary N) is 1. The quantitative estimate of drug-likeness (QED) is 0.121. The Hall–Kier alpha value is -7.09. The van der Waals surface area contributed by atoms with Crippen LogP contribution in [0.5, 0.6) is 23.0 Å². The van der Waals surface area contributed by atoms with Gasteiger partial charge < -0.3 is 39.2 Å². The van der Waals surface area contributed by atoms with Crippen LogP contribution in [-0.4, -0.2) is 85.0 Å². The summed E-state index contributed by atoms with van der Waals surface area (Å²) in [5.74, 6) is 3.74. The number of benzene rings is 3. The van der Waals surface area contributed by atoms with Crippen molar-refractivity contribution in [2.45, 2.75) is 20.0 Å². The van der Waals surface area contributed by atoms with Crippen molar-refractivity contribution in [3.63, 3.8) is 0 Å². The van der Waals surface area contributed by atoms with Gasteiger partial charge in [-0.3, -0.25) is 14.7 Å². The number of nitrogens with zero attached hydrogens (tertiary/aromatic N) is 6. The van der Waals surface area contributed by atoms with E-state index in [0.717, 1.165) is 49.3 Å². The van der Waals surface area contributed by atoms with Crippen molar-refractivity contribution in [3.05, 3.63) is 114 Å². The molecule has 0 bridgehead atoms. The highest BCUT2D eigenvalue weighted by Gasteiger charge is 2.28. The third kappa shape index (κ3) is 8.29. The highest BCUT2D eigenvalue weighted by atomic mass is 16.5. The zero-order chi connectivity index (χ0) is 40.1. The Labute approximate surface area is 330 Å². The number of amides is 2. The van der Waals surface area contributed by atoms with Crippen molar-refractivity contribution < 1.29 is 33.6 Å². The summed E-state index contributed by atoms with van der Waals surface area (Å²) in [6, 6.07) is 24.9. The number of hydrogen-bond donors (Lipinski definition) is 2. The summed E-state index contributed by atoms with van der Waals surface area (Å²) in [6.07, 6.45) is 4.31. The lowest BCUT2D eigenvalue weighted by molar-refractivity contribution is -0.120. The van der Waals surface area contributed by atoms with Gasteiger partial charge in [0.2, 0.25) is 5.91 Å². The average Bonchev–Trinajstić information content (AvgIpc) is 3.23. The smallest absolute Gasteiger partial charge is 0.407 e. The molecule has 0 radical (unpaired) electrons. The second kappa shape index (κ2) is 16.7. The van der Waals surface area contributed by atoms with Gasteiger partial charge in [0, 0.05) is 90.4 Å². The SMILES string of the molecule is COc1ccc(CN(Cc2ccc(OC)cc2OC)c2nc(-c3cnccc3C)cc3cc(Nc4ccc(N5CCN(C(=O)O)CC5=O)cc4)ncc23)c(OC)c1. The van der Waals surface area contributed by atoms with E-state index in [1.807, 2.05) is 98.2 Å². The maximum Gasteiger partial charge on any atom is 0.407 e. The number of carbonyl (C=O) groups is 2. The van der Waals surface area contributed by atoms with E-state index in [1.54, 1.807) is 39.5 Å². The number of ether oxygens (including phenoxy) is 4. The molecule has 4 heterocycles. The molecule has 3 aromatic carbocycles. The fourth-order valence-corrected chi connectivity index (χ4v) is 6.87. The Morgan fingerprint density at radius 3 is 2.07 bits per heavy atom. The lowest BCUT2D eigenvalue weighted by atomic mass is 10.0. The van der Waals surface area contributed by atoms with Gasteiger partial charge in [0.25, 0.3) is 0 Å². The maximum atomic E-state index is 12.7. The van der Waals surface area contributed by atoms with Gasteiger partial charge in [0.1, 0.15) is 41.2 Å². The van der Waals surface area contributed by atoms with Crippen LogP contribution in [-0.2, 0) is 17.9 Å². The molecule has 1 aliphatic heterocycles. The molecule has 2 amide bonds. The van der Waals surface area contributed by atoms with Crippen LogP contribution in [0, 0.1) is 6.92 Å². The first-order valence-electron chi connectivity index (χ1n) is 18.2. The van der Waals surface area contributed by atoms with Gasteiger partial charge in [-0.25, -0.2) is 14.8 Å². The zero-order valence-corrected chi connectivity index (χ0v) is 32.4. The normalized spacial score (nSPS) is 12.7.